The molecule has 1 amide bonds. The van der Waals surface area contributed by atoms with Crippen LogP contribution in [0.5, 0.6) is 0 Å². The number of hydrogen-bond donors (Lipinski definition) is 2. The normalized spacial score (nSPS) is 26.2. The van der Waals surface area contributed by atoms with E-state index in [1.807, 2.05) is 0 Å². The molecule has 2 aliphatic heterocycles. The Balaban J connectivity index is 1.95. The minimum absolute atomic E-state index is 0.0408. The summed E-state index contributed by atoms with van der Waals surface area (Å²) in [5, 5.41) is 10.5. The van der Waals surface area contributed by atoms with Gasteiger partial charge in [0.25, 0.3) is 5.79 Å². The molecule has 164 valence electrons. The molecule has 2 fully saturated rings. The van der Waals surface area contributed by atoms with Crippen molar-refractivity contribution in [2.45, 2.75) is 29.3 Å². The van der Waals surface area contributed by atoms with Crippen molar-refractivity contribution in [2.75, 3.05) is 39.0 Å². The maximum absolute atomic E-state index is 13.4. The molecule has 0 aromatic carbocycles. The number of aliphatic hydroxyl groups is 1. The molecule has 0 bridgehead atoms. The van der Waals surface area contributed by atoms with Crippen molar-refractivity contribution in [1.29, 1.82) is 0 Å². The van der Waals surface area contributed by atoms with Crippen LogP contribution >= 0.6 is 22.9 Å². The van der Waals surface area contributed by atoms with E-state index in [-0.39, 0.29) is 47.8 Å². The Morgan fingerprint density at radius 1 is 1.28 bits per heavy atom. The van der Waals surface area contributed by atoms with Gasteiger partial charge in [-0.2, -0.15) is 18.1 Å². The largest absolute Gasteiger partial charge is 0.359 e. The number of rotatable bonds is 5. The van der Waals surface area contributed by atoms with E-state index in [9.17, 15) is 26.7 Å². The molecule has 10 nitrogen and oxygen atoms in total. The number of hydrogen-bond acceptors (Lipinski definition) is 8. The average Bonchev–Trinajstić information content (AvgIpc) is 3.09. The molecule has 14 heteroatoms. The van der Waals surface area contributed by atoms with Crippen molar-refractivity contribution >= 4 is 48.9 Å². The summed E-state index contributed by atoms with van der Waals surface area (Å²) in [5.74, 6) is -3.09. The first-order chi connectivity index (χ1) is 13.4. The van der Waals surface area contributed by atoms with Crippen LogP contribution < -0.4 is 5.43 Å². The van der Waals surface area contributed by atoms with Crippen LogP contribution in [0.25, 0.3) is 0 Å². The Bertz CT molecular complexity index is 979. The molecule has 0 aliphatic carbocycles. The van der Waals surface area contributed by atoms with Crippen molar-refractivity contribution in [3.63, 3.8) is 0 Å². The van der Waals surface area contributed by atoms with E-state index in [4.69, 9.17) is 16.3 Å². The number of nitrogens with zero attached hydrogens (tertiary/aromatic N) is 2. The zero-order valence-electron chi connectivity index (χ0n) is 15.7. The van der Waals surface area contributed by atoms with E-state index < -0.39 is 35.7 Å². The van der Waals surface area contributed by atoms with E-state index in [1.165, 1.54) is 12.1 Å². The van der Waals surface area contributed by atoms with Crippen LogP contribution in [0.4, 0.5) is 0 Å². The van der Waals surface area contributed by atoms with Crippen LogP contribution in [0.2, 0.25) is 4.34 Å². The topological polar surface area (TPSA) is 130 Å². The van der Waals surface area contributed by atoms with Crippen LogP contribution in [-0.2, 0) is 29.6 Å². The SMILES string of the molecule is CS(=O)(=O)N1CC[N+](NC(=O)[C@@]2(O)CCCCO2)(S(=O)(=O)c2ccc(Cl)s2)CC1. The van der Waals surface area contributed by atoms with Crippen molar-refractivity contribution in [2.24, 2.45) is 0 Å². The summed E-state index contributed by atoms with van der Waals surface area (Å²) in [6.45, 7) is -0.508. The van der Waals surface area contributed by atoms with Gasteiger partial charge in [0.05, 0.1) is 30.3 Å². The first kappa shape index (κ1) is 22.9. The first-order valence-corrected chi connectivity index (χ1v) is 13.4. The Morgan fingerprint density at radius 3 is 2.41 bits per heavy atom. The second kappa shape index (κ2) is 8.04. The molecule has 1 aromatic rings. The van der Waals surface area contributed by atoms with Gasteiger partial charge in [0.1, 0.15) is 13.1 Å². The van der Waals surface area contributed by atoms with E-state index in [1.54, 1.807) is 0 Å². The van der Waals surface area contributed by atoms with E-state index in [2.05, 4.69) is 5.43 Å². The van der Waals surface area contributed by atoms with Gasteiger partial charge in [0, 0.05) is 6.42 Å². The Morgan fingerprint density at radius 2 is 1.93 bits per heavy atom. The van der Waals surface area contributed by atoms with Crippen molar-refractivity contribution in [1.82, 2.24) is 9.73 Å². The summed E-state index contributed by atoms with van der Waals surface area (Å²) in [7, 11) is -7.70. The van der Waals surface area contributed by atoms with Gasteiger partial charge in [-0.3, -0.25) is 4.79 Å². The van der Waals surface area contributed by atoms with Crippen molar-refractivity contribution in [3.8, 4) is 0 Å². The summed E-state index contributed by atoms with van der Waals surface area (Å²) >= 11 is 6.74. The smallest absolute Gasteiger partial charge is 0.358 e. The minimum atomic E-state index is -4.18. The highest BCUT2D eigenvalue weighted by molar-refractivity contribution is 7.88. The van der Waals surface area contributed by atoms with Crippen LogP contribution in [0, 0.1) is 0 Å². The average molecular weight is 489 g/mol. The van der Waals surface area contributed by atoms with Gasteiger partial charge in [-0.15, -0.1) is 15.3 Å². The number of amides is 1. The lowest BCUT2D eigenvalue weighted by molar-refractivity contribution is -0.848. The lowest BCUT2D eigenvalue weighted by Crippen LogP contribution is -2.72. The molecule has 0 spiro atoms. The number of piperazine rings is 1. The van der Waals surface area contributed by atoms with Gasteiger partial charge in [-0.25, -0.2) is 8.42 Å². The fourth-order valence-corrected chi connectivity index (χ4v) is 7.64. The highest BCUT2D eigenvalue weighted by atomic mass is 35.5. The summed E-state index contributed by atoms with van der Waals surface area (Å²) in [5.41, 5.74) is 2.44. The van der Waals surface area contributed by atoms with E-state index in [0.29, 0.717) is 12.8 Å². The molecule has 0 unspecified atom stereocenters. The Hall–Kier alpha value is -0.800. The van der Waals surface area contributed by atoms with E-state index in [0.717, 1.165) is 21.9 Å². The van der Waals surface area contributed by atoms with Gasteiger partial charge in [0.2, 0.25) is 10.0 Å². The zero-order valence-corrected chi connectivity index (χ0v) is 18.9. The standard InChI is InChI=1S/C15H22ClN3O7S3/c1-28(22,23)18-7-9-19(10-8-18,29(24,25)13-5-4-12(16)27-13)17-14(20)15(21)6-2-3-11-26-15/h4-5,21H,2-3,6-11H2,1H3/p+1/t15-/m1/s1. The third kappa shape index (κ3) is 4.46. The second-order valence-electron chi connectivity index (χ2n) is 7.06. The number of sulfonamides is 2. The number of carbonyl (C=O) groups excluding carboxylic acids is 1. The molecule has 3 heterocycles. The summed E-state index contributed by atoms with van der Waals surface area (Å²) in [6.07, 6.45) is 2.32. The van der Waals surface area contributed by atoms with Gasteiger partial charge >= 0.3 is 15.9 Å². The van der Waals surface area contributed by atoms with Crippen LogP contribution in [0.1, 0.15) is 19.3 Å². The lowest BCUT2D eigenvalue weighted by Gasteiger charge is -2.42. The monoisotopic (exact) mass is 488 g/mol. The number of quaternary nitrogens is 1. The highest BCUT2D eigenvalue weighted by Gasteiger charge is 2.53. The third-order valence-electron chi connectivity index (χ3n) is 5.06. The first-order valence-electron chi connectivity index (χ1n) is 8.91. The highest BCUT2D eigenvalue weighted by Crippen LogP contribution is 2.33. The minimum Gasteiger partial charge on any atom is -0.358 e. The lowest BCUT2D eigenvalue weighted by atomic mass is 10.1. The fourth-order valence-electron chi connectivity index (χ4n) is 3.35. The molecule has 0 radical (unpaired) electrons. The quantitative estimate of drug-likeness (QED) is 0.562. The molecular formula is C15H23ClN3O7S3+. The molecular weight excluding hydrogens is 466 g/mol. The van der Waals surface area contributed by atoms with Crippen molar-refractivity contribution < 1.29 is 35.5 Å². The molecule has 2 saturated heterocycles. The van der Waals surface area contributed by atoms with Crippen LogP contribution in [-0.4, -0.2) is 81.0 Å². The second-order valence-corrected chi connectivity index (χ2v) is 13.1. The van der Waals surface area contributed by atoms with Gasteiger partial charge in [-0.05, 0) is 25.0 Å². The maximum Gasteiger partial charge on any atom is 0.359 e. The third-order valence-corrected chi connectivity index (χ3v) is 10.3. The van der Waals surface area contributed by atoms with Gasteiger partial charge in [-0.1, -0.05) is 11.6 Å². The number of thiophene rings is 1. The van der Waals surface area contributed by atoms with Gasteiger partial charge in [0.15, 0.2) is 4.21 Å². The van der Waals surface area contributed by atoms with Gasteiger partial charge < -0.3 is 9.84 Å². The number of ether oxygens (including phenoxy) is 1. The predicted octanol–water partition coefficient (Wildman–Crippen LogP) is 0.103. The summed E-state index contributed by atoms with van der Waals surface area (Å²) in [6, 6.07) is 2.77. The van der Waals surface area contributed by atoms with Crippen LogP contribution in [0.15, 0.2) is 16.3 Å². The number of halogens is 1. The molecule has 1 atom stereocenters. The van der Waals surface area contributed by atoms with Crippen molar-refractivity contribution in [3.05, 3.63) is 16.5 Å². The zero-order chi connectivity index (χ0) is 21.5. The summed E-state index contributed by atoms with van der Waals surface area (Å²) in [4.78, 5) is 12.8. The molecule has 3 rings (SSSR count). The van der Waals surface area contributed by atoms with E-state index >= 15 is 0 Å². The molecule has 2 N–H and O–H groups in total. The summed E-state index contributed by atoms with van der Waals surface area (Å²) < 4.78 is 56.2. The molecule has 29 heavy (non-hydrogen) atoms. The van der Waals surface area contributed by atoms with Crippen LogP contribution in [0.3, 0.4) is 0 Å². The fraction of sp³-hybridized carbons (Fsp3) is 0.667. The maximum atomic E-state index is 13.4. The Labute approximate surface area is 178 Å². The molecule has 1 aromatic heterocycles. The Kier molecular flexibility index (Phi) is 6.34. The number of carbonyl (C=O) groups is 1. The molecule has 2 aliphatic rings. The predicted molar refractivity (Wildman–Crippen MR) is 106 cm³/mol. The molecule has 0 saturated carbocycles. The number of nitrogens with one attached hydrogen (secondary N) is 1.